The summed E-state index contributed by atoms with van der Waals surface area (Å²) in [5, 5.41) is 6.55. The fraction of sp³-hybridized carbons (Fsp3) is 0.634. The molecular formula is C41H57N5O9S. The minimum Gasteiger partial charge on any atom is -0.497 e. The van der Waals surface area contributed by atoms with E-state index in [2.05, 4.69) is 47.7 Å². The molecule has 1 aromatic heterocycles. The highest BCUT2D eigenvalue weighted by atomic mass is 32.2. The number of carbonyl (C=O) groups excluding carboxylic acids is 4. The van der Waals surface area contributed by atoms with Crippen LogP contribution in [-0.2, 0) is 29.1 Å². The van der Waals surface area contributed by atoms with Gasteiger partial charge >= 0.3 is 6.09 Å². The molecule has 4 fully saturated rings. The van der Waals surface area contributed by atoms with Gasteiger partial charge in [0.05, 0.1) is 18.9 Å². The number of methoxy groups -OCH3 is 1. The number of nitrogens with zero attached hydrogens (tertiary/aromatic N) is 2. The van der Waals surface area contributed by atoms with Gasteiger partial charge in [-0.1, -0.05) is 54.0 Å². The first-order valence-corrected chi connectivity index (χ1v) is 21.3. The number of rotatable bonds is 13. The third-order valence-electron chi connectivity index (χ3n) is 11.9. The second-order valence-corrected chi connectivity index (χ2v) is 19.5. The average molecular weight is 796 g/mol. The highest BCUT2D eigenvalue weighted by molar-refractivity contribution is 7.91. The van der Waals surface area contributed by atoms with Crippen LogP contribution in [0.15, 0.2) is 43.1 Å². The Kier molecular flexibility index (Phi) is 11.7. The molecule has 3 saturated carbocycles. The summed E-state index contributed by atoms with van der Waals surface area (Å²) >= 11 is 0. The fourth-order valence-corrected chi connectivity index (χ4v) is 9.62. The molecule has 3 N–H and O–H groups in total. The van der Waals surface area contributed by atoms with Crippen LogP contribution in [0.1, 0.15) is 86.5 Å². The van der Waals surface area contributed by atoms with Gasteiger partial charge in [-0.15, -0.1) is 6.58 Å². The highest BCUT2D eigenvalue weighted by Crippen LogP contribution is 2.46. The molecule has 4 aliphatic rings. The minimum atomic E-state index is -3.90. The summed E-state index contributed by atoms with van der Waals surface area (Å²) in [7, 11) is -2.33. The van der Waals surface area contributed by atoms with Crippen LogP contribution in [0.2, 0.25) is 0 Å². The number of benzene rings is 1. The maximum absolute atomic E-state index is 14.8. The van der Waals surface area contributed by atoms with Crippen molar-refractivity contribution in [1.82, 2.24) is 25.2 Å². The van der Waals surface area contributed by atoms with Gasteiger partial charge in [0.25, 0.3) is 5.91 Å². The van der Waals surface area contributed by atoms with E-state index in [9.17, 15) is 27.6 Å². The molecule has 15 heteroatoms. The third-order valence-corrected chi connectivity index (χ3v) is 13.7. The Morgan fingerprint density at radius 1 is 1.07 bits per heavy atom. The Hall–Kier alpha value is -4.40. The van der Waals surface area contributed by atoms with Crippen molar-refractivity contribution in [2.45, 2.75) is 122 Å². The fourth-order valence-electron chi connectivity index (χ4n) is 8.26. The molecule has 4 amide bonds. The molecule has 1 saturated heterocycles. The Morgan fingerprint density at radius 3 is 2.43 bits per heavy atom. The number of alkyl carbamates (subject to hydrolysis) is 1. The quantitative estimate of drug-likeness (QED) is 0.237. The number of pyridine rings is 1. The molecular weight excluding hydrogens is 739 g/mol. The highest BCUT2D eigenvalue weighted by Gasteiger charge is 2.62. The molecule has 8 atom stereocenters. The number of ether oxygens (including phenoxy) is 3. The maximum Gasteiger partial charge on any atom is 0.408 e. The van der Waals surface area contributed by atoms with Gasteiger partial charge in [0.15, 0.2) is 0 Å². The van der Waals surface area contributed by atoms with E-state index in [4.69, 9.17) is 14.2 Å². The molecule has 14 nitrogen and oxygen atoms in total. The topological polar surface area (TPSA) is 182 Å². The lowest BCUT2D eigenvalue weighted by molar-refractivity contribution is -0.143. The molecule has 2 heterocycles. The second kappa shape index (κ2) is 15.9. The monoisotopic (exact) mass is 795 g/mol. The van der Waals surface area contributed by atoms with E-state index >= 15 is 0 Å². The van der Waals surface area contributed by atoms with Gasteiger partial charge in [-0.2, -0.15) is 0 Å². The number of hydrogen-bond acceptors (Lipinski definition) is 10. The van der Waals surface area contributed by atoms with E-state index in [-0.39, 0.29) is 31.4 Å². The van der Waals surface area contributed by atoms with Crippen LogP contribution in [0.25, 0.3) is 10.8 Å². The van der Waals surface area contributed by atoms with E-state index in [0.29, 0.717) is 41.7 Å². The van der Waals surface area contributed by atoms with Gasteiger partial charge in [-0.3, -0.25) is 19.1 Å². The number of sulfonamides is 1. The second-order valence-electron chi connectivity index (χ2n) is 17.6. The van der Waals surface area contributed by atoms with Gasteiger partial charge in [-0.05, 0) is 84.9 Å². The van der Waals surface area contributed by atoms with E-state index in [1.165, 1.54) is 11.0 Å². The van der Waals surface area contributed by atoms with E-state index < -0.39 is 74.1 Å². The van der Waals surface area contributed by atoms with E-state index in [0.717, 1.165) is 24.6 Å². The largest absolute Gasteiger partial charge is 0.497 e. The molecule has 1 aromatic carbocycles. The molecule has 56 heavy (non-hydrogen) atoms. The number of carbonyl (C=O) groups is 4. The molecule has 2 aromatic rings. The van der Waals surface area contributed by atoms with Crippen LogP contribution in [0, 0.1) is 29.1 Å². The van der Waals surface area contributed by atoms with Crippen molar-refractivity contribution >= 4 is 44.6 Å². The number of hydrogen-bond donors (Lipinski definition) is 3. The van der Waals surface area contributed by atoms with Crippen molar-refractivity contribution in [1.29, 1.82) is 0 Å². The molecule has 1 aliphatic heterocycles. The van der Waals surface area contributed by atoms with Crippen LogP contribution in [0.5, 0.6) is 11.6 Å². The predicted octanol–water partition coefficient (Wildman–Crippen LogP) is 4.86. The van der Waals surface area contributed by atoms with Crippen LogP contribution >= 0.6 is 0 Å². The molecule has 6 rings (SSSR count). The number of amides is 4. The summed E-state index contributed by atoms with van der Waals surface area (Å²) in [6.45, 7) is 15.6. The molecule has 0 bridgehead atoms. The minimum absolute atomic E-state index is 0.0277. The molecule has 306 valence electrons. The van der Waals surface area contributed by atoms with Crippen molar-refractivity contribution in [3.8, 4) is 11.6 Å². The number of aromatic nitrogens is 1. The first kappa shape index (κ1) is 41.2. The molecule has 2 unspecified atom stereocenters. The van der Waals surface area contributed by atoms with Crippen molar-refractivity contribution in [3.63, 3.8) is 0 Å². The zero-order valence-corrected chi connectivity index (χ0v) is 34.3. The van der Waals surface area contributed by atoms with Crippen LogP contribution < -0.4 is 24.8 Å². The Bertz CT molecular complexity index is 1960. The van der Waals surface area contributed by atoms with Gasteiger partial charge in [0, 0.05) is 23.9 Å². The summed E-state index contributed by atoms with van der Waals surface area (Å²) in [5.74, 6) is -0.689. The lowest BCUT2D eigenvalue weighted by Gasteiger charge is -2.38. The van der Waals surface area contributed by atoms with Crippen LogP contribution in [-0.4, -0.2) is 90.9 Å². The maximum atomic E-state index is 14.8. The van der Waals surface area contributed by atoms with Gasteiger partial charge in [-0.25, -0.2) is 18.2 Å². The molecule has 3 aliphatic carbocycles. The number of likely N-dealkylation sites (tertiary alicyclic amines) is 1. The normalized spacial score (nSPS) is 28.2. The van der Waals surface area contributed by atoms with E-state index in [1.807, 2.05) is 39.0 Å². The van der Waals surface area contributed by atoms with Crippen LogP contribution in [0.4, 0.5) is 4.79 Å². The SMILES string of the molecule is C=CC1CC1(NC(=O)[C@@H]1C[C@@H](Oc2nccc3cc(OC)ccc23)CN1C(=O)[C@@H](NC(=O)O[C@@H]1C[C@H](C)CC[C@H]1C(C)C)C(C)(C)C)C(=O)NS(=O)(=O)C1CC1. The Balaban J connectivity index is 1.27. The van der Waals surface area contributed by atoms with E-state index in [1.54, 1.807) is 19.4 Å². The zero-order chi connectivity index (χ0) is 40.7. The molecule has 0 spiro atoms. The van der Waals surface area contributed by atoms with Gasteiger partial charge in [0.2, 0.25) is 27.7 Å². The number of fused-ring (bicyclic) bond motifs is 1. The average Bonchev–Trinajstić information content (AvgIpc) is 4.06. The van der Waals surface area contributed by atoms with Crippen molar-refractivity contribution in [2.75, 3.05) is 13.7 Å². The van der Waals surface area contributed by atoms with Crippen molar-refractivity contribution < 1.29 is 41.8 Å². The van der Waals surface area contributed by atoms with Crippen molar-refractivity contribution in [2.24, 2.45) is 29.1 Å². The zero-order valence-electron chi connectivity index (χ0n) is 33.5. The first-order chi connectivity index (χ1) is 26.4. The Morgan fingerprint density at radius 2 is 1.80 bits per heavy atom. The molecule has 0 radical (unpaired) electrons. The summed E-state index contributed by atoms with van der Waals surface area (Å²) in [5.41, 5.74) is -2.37. The van der Waals surface area contributed by atoms with Crippen LogP contribution in [0.3, 0.4) is 0 Å². The predicted molar refractivity (Wildman–Crippen MR) is 210 cm³/mol. The lowest BCUT2D eigenvalue weighted by Crippen LogP contribution is -2.60. The summed E-state index contributed by atoms with van der Waals surface area (Å²) < 4.78 is 45.5. The Labute approximate surface area is 329 Å². The summed E-state index contributed by atoms with van der Waals surface area (Å²) in [6.07, 6.45) is 5.22. The number of nitrogens with one attached hydrogen (secondary N) is 3. The summed E-state index contributed by atoms with van der Waals surface area (Å²) in [6, 6.07) is 5.02. The third kappa shape index (κ3) is 8.77. The van der Waals surface area contributed by atoms with Gasteiger partial charge < -0.3 is 29.7 Å². The van der Waals surface area contributed by atoms with Crippen molar-refractivity contribution in [3.05, 3.63) is 43.1 Å². The summed E-state index contributed by atoms with van der Waals surface area (Å²) in [4.78, 5) is 62.2. The first-order valence-electron chi connectivity index (χ1n) is 19.7. The van der Waals surface area contributed by atoms with Gasteiger partial charge in [0.1, 0.15) is 35.6 Å². The smallest absolute Gasteiger partial charge is 0.408 e. The lowest BCUT2D eigenvalue weighted by atomic mass is 9.75. The standard InChI is InChI=1S/C41H57N5O9S/c1-9-26-21-41(26,38(49)45-56(51,52)29-12-13-29)44-35(47)32-20-28(54-36-31-15-11-27(53-8)19-25(31)16-17-42-36)22-46(32)37(48)34(40(5,6)7)43-39(50)55-33-18-24(4)10-14-30(33)23(2)3/h9,11,15-17,19,23-24,26,28-30,32-34H,1,10,12-14,18,20-22H2,2-8H3,(H,43,50)(H,44,47)(H,45,49)/t24-,26?,28-,30+,32+,33-,34-,41?/m1/s1.